The molecule has 0 radical (unpaired) electrons. The standard InChI is InChI=1S/C22H33NO5.ClH/c1-14(2)10-20(25)27-18-9-8-16(17(24)13-23-22(5,6)7)12-19(18)28-21(26)11-15(3)4;/h8-9,12,14-15,23H,10-11,13H2,1-7H3;1H. The van der Waals surface area contributed by atoms with Gasteiger partial charge in [0.15, 0.2) is 17.3 Å². The number of esters is 2. The van der Waals surface area contributed by atoms with E-state index >= 15 is 0 Å². The second-order valence-electron chi connectivity index (χ2n) is 8.83. The lowest BCUT2D eigenvalue weighted by molar-refractivity contribution is -0.138. The fourth-order valence-corrected chi connectivity index (χ4v) is 2.29. The molecule has 0 fully saturated rings. The Hall–Kier alpha value is -1.92. The smallest absolute Gasteiger partial charge is 0.311 e. The minimum absolute atomic E-state index is 0. The van der Waals surface area contributed by atoms with Gasteiger partial charge in [0.05, 0.1) is 6.54 Å². The predicted octanol–water partition coefficient (Wildman–Crippen LogP) is 4.58. The van der Waals surface area contributed by atoms with Gasteiger partial charge in [-0.1, -0.05) is 27.7 Å². The zero-order chi connectivity index (χ0) is 21.5. The number of rotatable bonds is 9. The highest BCUT2D eigenvalue weighted by Crippen LogP contribution is 2.30. The van der Waals surface area contributed by atoms with Crippen LogP contribution >= 0.6 is 12.4 Å². The van der Waals surface area contributed by atoms with Crippen LogP contribution in [0.3, 0.4) is 0 Å². The van der Waals surface area contributed by atoms with Gasteiger partial charge in [0.25, 0.3) is 0 Å². The van der Waals surface area contributed by atoms with Gasteiger partial charge in [0.1, 0.15) is 0 Å². The van der Waals surface area contributed by atoms with Crippen LogP contribution in [-0.2, 0) is 9.59 Å². The van der Waals surface area contributed by atoms with E-state index in [1.807, 2.05) is 48.5 Å². The molecule has 0 aliphatic heterocycles. The van der Waals surface area contributed by atoms with Gasteiger partial charge < -0.3 is 14.8 Å². The van der Waals surface area contributed by atoms with E-state index in [1.165, 1.54) is 12.1 Å². The Morgan fingerprint density at radius 1 is 0.897 bits per heavy atom. The molecule has 0 atom stereocenters. The Labute approximate surface area is 180 Å². The predicted molar refractivity (Wildman–Crippen MR) is 116 cm³/mol. The van der Waals surface area contributed by atoms with Crippen molar-refractivity contribution >= 4 is 30.1 Å². The molecule has 164 valence electrons. The van der Waals surface area contributed by atoms with Crippen LogP contribution in [-0.4, -0.2) is 29.8 Å². The highest BCUT2D eigenvalue weighted by molar-refractivity contribution is 5.98. The highest BCUT2D eigenvalue weighted by Gasteiger charge is 2.19. The Balaban J connectivity index is 0.00000784. The monoisotopic (exact) mass is 427 g/mol. The van der Waals surface area contributed by atoms with E-state index in [0.717, 1.165) is 0 Å². The maximum absolute atomic E-state index is 12.5. The molecule has 7 heteroatoms. The number of hydrogen-bond acceptors (Lipinski definition) is 6. The molecule has 1 aromatic rings. The van der Waals surface area contributed by atoms with Crippen LogP contribution in [0.4, 0.5) is 0 Å². The fraction of sp³-hybridized carbons (Fsp3) is 0.591. The first-order chi connectivity index (χ1) is 12.9. The molecule has 29 heavy (non-hydrogen) atoms. The van der Waals surface area contributed by atoms with Crippen molar-refractivity contribution in [3.8, 4) is 11.5 Å². The van der Waals surface area contributed by atoms with Crippen molar-refractivity contribution in [2.75, 3.05) is 6.54 Å². The summed E-state index contributed by atoms with van der Waals surface area (Å²) in [5.41, 5.74) is 0.182. The van der Waals surface area contributed by atoms with Crippen molar-refractivity contribution in [2.24, 2.45) is 11.8 Å². The summed E-state index contributed by atoms with van der Waals surface area (Å²) in [6.45, 7) is 13.7. The van der Waals surface area contributed by atoms with E-state index in [1.54, 1.807) is 6.07 Å². The quantitative estimate of drug-likeness (QED) is 0.353. The van der Waals surface area contributed by atoms with Crippen molar-refractivity contribution in [2.45, 2.75) is 66.8 Å². The van der Waals surface area contributed by atoms with E-state index in [2.05, 4.69) is 5.32 Å². The first kappa shape index (κ1) is 27.1. The van der Waals surface area contributed by atoms with Crippen molar-refractivity contribution in [1.82, 2.24) is 5.32 Å². The lowest BCUT2D eigenvalue weighted by Crippen LogP contribution is -2.39. The van der Waals surface area contributed by atoms with E-state index in [4.69, 9.17) is 9.47 Å². The van der Waals surface area contributed by atoms with Crippen LogP contribution in [0.15, 0.2) is 18.2 Å². The van der Waals surface area contributed by atoms with E-state index < -0.39 is 11.9 Å². The lowest BCUT2D eigenvalue weighted by atomic mass is 10.1. The average molecular weight is 428 g/mol. The SMILES string of the molecule is CC(C)CC(=O)Oc1ccc(C(=O)CNC(C)(C)C)cc1OC(=O)CC(C)C.Cl. The van der Waals surface area contributed by atoms with Gasteiger partial charge in [-0.3, -0.25) is 14.4 Å². The molecule has 0 unspecified atom stereocenters. The number of hydrogen-bond donors (Lipinski definition) is 1. The van der Waals surface area contributed by atoms with E-state index in [9.17, 15) is 14.4 Å². The first-order valence-electron chi connectivity index (χ1n) is 9.71. The summed E-state index contributed by atoms with van der Waals surface area (Å²) >= 11 is 0. The Kier molecular flexibility index (Phi) is 11.1. The number of benzene rings is 1. The van der Waals surface area contributed by atoms with Crippen molar-refractivity contribution in [3.63, 3.8) is 0 Å². The molecule has 1 rings (SSSR count). The van der Waals surface area contributed by atoms with Crippen LogP contribution < -0.4 is 14.8 Å². The maximum Gasteiger partial charge on any atom is 0.311 e. The molecule has 0 spiro atoms. The Morgan fingerprint density at radius 3 is 1.83 bits per heavy atom. The van der Waals surface area contributed by atoms with Crippen molar-refractivity contribution in [3.05, 3.63) is 23.8 Å². The average Bonchev–Trinajstić information content (AvgIpc) is 2.51. The Morgan fingerprint density at radius 2 is 1.38 bits per heavy atom. The van der Waals surface area contributed by atoms with Crippen LogP contribution in [0.2, 0.25) is 0 Å². The van der Waals surface area contributed by atoms with Crippen LogP contribution in [0, 0.1) is 11.8 Å². The van der Waals surface area contributed by atoms with E-state index in [-0.39, 0.29) is 66.5 Å². The van der Waals surface area contributed by atoms with Crippen molar-refractivity contribution in [1.29, 1.82) is 0 Å². The number of carbonyl (C=O) groups is 3. The summed E-state index contributed by atoms with van der Waals surface area (Å²) < 4.78 is 10.8. The van der Waals surface area contributed by atoms with Gasteiger partial charge >= 0.3 is 11.9 Å². The van der Waals surface area contributed by atoms with Crippen LogP contribution in [0.5, 0.6) is 11.5 Å². The number of ether oxygens (including phenoxy) is 2. The molecule has 0 aromatic heterocycles. The number of ketones is 1. The number of carbonyl (C=O) groups excluding carboxylic acids is 3. The maximum atomic E-state index is 12.5. The number of halogens is 1. The second kappa shape index (κ2) is 11.9. The fourth-order valence-electron chi connectivity index (χ4n) is 2.29. The third kappa shape index (κ3) is 11.0. The summed E-state index contributed by atoms with van der Waals surface area (Å²) in [6.07, 6.45) is 0.471. The lowest BCUT2D eigenvalue weighted by Gasteiger charge is -2.20. The van der Waals surface area contributed by atoms with Gasteiger partial charge in [-0.2, -0.15) is 0 Å². The third-order valence-corrected chi connectivity index (χ3v) is 3.64. The molecule has 0 amide bonds. The highest BCUT2D eigenvalue weighted by atomic mass is 35.5. The number of Topliss-reactive ketones (excluding diaryl/α,β-unsaturated/α-hetero) is 1. The molecule has 0 saturated carbocycles. The normalized spacial score (nSPS) is 11.2. The molecule has 0 saturated heterocycles. The molecular formula is C22H34ClNO5. The van der Waals surface area contributed by atoms with Crippen molar-refractivity contribution < 1.29 is 23.9 Å². The second-order valence-corrected chi connectivity index (χ2v) is 8.83. The molecular weight excluding hydrogens is 394 g/mol. The molecule has 6 nitrogen and oxygen atoms in total. The van der Waals surface area contributed by atoms with Gasteiger partial charge in [-0.15, -0.1) is 12.4 Å². The molecule has 0 aliphatic rings. The summed E-state index contributed by atoms with van der Waals surface area (Å²) in [5.74, 6) is -0.495. The van der Waals surface area contributed by atoms with Gasteiger partial charge in [-0.05, 0) is 50.8 Å². The summed E-state index contributed by atoms with van der Waals surface area (Å²) in [4.78, 5) is 36.6. The largest absolute Gasteiger partial charge is 0.423 e. The zero-order valence-electron chi connectivity index (χ0n) is 18.5. The van der Waals surface area contributed by atoms with Crippen LogP contribution in [0.25, 0.3) is 0 Å². The summed E-state index contributed by atoms with van der Waals surface area (Å²) in [6, 6.07) is 4.54. The Bertz CT molecular complexity index is 708. The first-order valence-corrected chi connectivity index (χ1v) is 9.71. The minimum atomic E-state index is -0.437. The molecule has 1 N–H and O–H groups in total. The number of nitrogens with one attached hydrogen (secondary N) is 1. The van der Waals surface area contributed by atoms with Gasteiger partial charge in [0.2, 0.25) is 0 Å². The molecule has 1 aromatic carbocycles. The minimum Gasteiger partial charge on any atom is -0.423 e. The molecule has 0 heterocycles. The zero-order valence-corrected chi connectivity index (χ0v) is 19.3. The summed E-state index contributed by atoms with van der Waals surface area (Å²) in [7, 11) is 0. The topological polar surface area (TPSA) is 81.7 Å². The molecule has 0 aliphatic carbocycles. The molecule has 0 bridgehead atoms. The van der Waals surface area contributed by atoms with Gasteiger partial charge in [0, 0.05) is 23.9 Å². The van der Waals surface area contributed by atoms with Crippen LogP contribution in [0.1, 0.15) is 71.7 Å². The van der Waals surface area contributed by atoms with Gasteiger partial charge in [-0.25, -0.2) is 0 Å². The summed E-state index contributed by atoms with van der Waals surface area (Å²) in [5, 5.41) is 3.13. The third-order valence-electron chi connectivity index (χ3n) is 3.64. The van der Waals surface area contributed by atoms with E-state index in [0.29, 0.717) is 5.56 Å².